The Hall–Kier alpha value is -2.42. The molecule has 0 aliphatic carbocycles. The van der Waals surface area contributed by atoms with Crippen molar-refractivity contribution >= 4 is 33.4 Å². The molecule has 0 saturated heterocycles. The summed E-state index contributed by atoms with van der Waals surface area (Å²) in [5, 5.41) is 0.0185. The average molecular weight is 412 g/mol. The molecule has 27 heavy (non-hydrogen) atoms. The molecule has 0 aliphatic heterocycles. The molecule has 0 heterocycles. The second-order valence-corrected chi connectivity index (χ2v) is 8.30. The highest BCUT2D eigenvalue weighted by Gasteiger charge is 2.23. The van der Waals surface area contributed by atoms with Gasteiger partial charge in [-0.25, -0.2) is 17.5 Å². The third kappa shape index (κ3) is 4.47. The van der Waals surface area contributed by atoms with Crippen LogP contribution in [0, 0.1) is 0 Å². The van der Waals surface area contributed by atoms with Crippen molar-refractivity contribution in [1.29, 1.82) is 0 Å². The Balaban J connectivity index is 2.47. The highest BCUT2D eigenvalue weighted by Crippen LogP contribution is 2.28. The van der Waals surface area contributed by atoms with E-state index in [4.69, 9.17) is 21.1 Å². The van der Waals surface area contributed by atoms with Crippen LogP contribution < -0.4 is 9.47 Å². The number of methoxy groups -OCH3 is 1. The van der Waals surface area contributed by atoms with Gasteiger partial charge in [0.25, 0.3) is 0 Å². The molecule has 0 bridgehead atoms. The summed E-state index contributed by atoms with van der Waals surface area (Å²) < 4.78 is 35.9. The van der Waals surface area contributed by atoms with Crippen LogP contribution in [-0.4, -0.2) is 45.7 Å². The predicted molar refractivity (Wildman–Crippen MR) is 100 cm³/mol. The molecule has 7 nitrogen and oxygen atoms in total. The number of ketones is 1. The van der Waals surface area contributed by atoms with E-state index in [9.17, 15) is 18.0 Å². The SMILES string of the molecule is COc1ccc(C(C)=O)c(OC(=O)c2cc(S(=O)(=O)N(C)C)ccc2Cl)c1. The van der Waals surface area contributed by atoms with Crippen molar-refractivity contribution in [2.75, 3.05) is 21.2 Å². The molecule has 9 heteroatoms. The van der Waals surface area contributed by atoms with E-state index in [1.807, 2.05) is 0 Å². The first-order valence-corrected chi connectivity index (χ1v) is 9.53. The van der Waals surface area contributed by atoms with Crippen molar-refractivity contribution in [2.45, 2.75) is 11.8 Å². The lowest BCUT2D eigenvalue weighted by atomic mass is 10.1. The summed E-state index contributed by atoms with van der Waals surface area (Å²) in [6.45, 7) is 1.33. The minimum Gasteiger partial charge on any atom is -0.497 e. The maximum Gasteiger partial charge on any atom is 0.345 e. The molecule has 0 aromatic heterocycles. The monoisotopic (exact) mass is 411 g/mol. The number of hydrogen-bond donors (Lipinski definition) is 0. The largest absolute Gasteiger partial charge is 0.497 e. The molecule has 2 aromatic carbocycles. The summed E-state index contributed by atoms with van der Waals surface area (Å²) in [4.78, 5) is 24.2. The normalized spacial score (nSPS) is 11.3. The lowest BCUT2D eigenvalue weighted by Gasteiger charge is -2.14. The van der Waals surface area contributed by atoms with Crippen molar-refractivity contribution in [3.05, 3.63) is 52.5 Å². The van der Waals surface area contributed by atoms with Crippen molar-refractivity contribution in [3.8, 4) is 11.5 Å². The van der Waals surface area contributed by atoms with Gasteiger partial charge in [-0.05, 0) is 37.3 Å². The average Bonchev–Trinajstić information content (AvgIpc) is 2.61. The molecule has 0 fully saturated rings. The second kappa shape index (κ2) is 8.08. The topological polar surface area (TPSA) is 90.0 Å². The molecule has 0 saturated carbocycles. The first kappa shape index (κ1) is 20.9. The summed E-state index contributed by atoms with van der Waals surface area (Å²) in [6.07, 6.45) is 0. The number of carbonyl (C=O) groups is 2. The summed E-state index contributed by atoms with van der Waals surface area (Å²) in [5.41, 5.74) is 0.0363. The van der Waals surface area contributed by atoms with Gasteiger partial charge in [-0.1, -0.05) is 11.6 Å². The number of Topliss-reactive ketones (excluding diaryl/α,β-unsaturated/α-hetero) is 1. The third-order valence-electron chi connectivity index (χ3n) is 3.71. The van der Waals surface area contributed by atoms with Gasteiger partial charge in [-0.3, -0.25) is 4.79 Å². The van der Waals surface area contributed by atoms with Gasteiger partial charge in [0.05, 0.1) is 28.2 Å². The summed E-state index contributed by atoms with van der Waals surface area (Å²) in [6, 6.07) is 8.15. The van der Waals surface area contributed by atoms with E-state index in [1.54, 1.807) is 6.07 Å². The Morgan fingerprint density at radius 3 is 2.26 bits per heavy atom. The molecule has 0 radical (unpaired) electrons. The Morgan fingerprint density at radius 1 is 1.04 bits per heavy atom. The van der Waals surface area contributed by atoms with Crippen LogP contribution in [0.15, 0.2) is 41.3 Å². The zero-order chi connectivity index (χ0) is 20.4. The molecule has 0 atom stereocenters. The van der Waals surface area contributed by atoms with Gasteiger partial charge in [0.1, 0.15) is 11.5 Å². The predicted octanol–water partition coefficient (Wildman–Crippen LogP) is 3.02. The summed E-state index contributed by atoms with van der Waals surface area (Å²) >= 11 is 6.05. The number of sulfonamides is 1. The van der Waals surface area contributed by atoms with Crippen molar-refractivity contribution in [2.24, 2.45) is 0 Å². The molecule has 0 N–H and O–H groups in total. The van der Waals surface area contributed by atoms with Gasteiger partial charge in [0.2, 0.25) is 10.0 Å². The van der Waals surface area contributed by atoms with E-state index >= 15 is 0 Å². The summed E-state index contributed by atoms with van der Waals surface area (Å²) in [7, 11) is 0.414. The Labute approximate surface area is 162 Å². The first-order valence-electron chi connectivity index (χ1n) is 7.71. The Morgan fingerprint density at radius 2 is 1.70 bits per heavy atom. The fourth-order valence-electron chi connectivity index (χ4n) is 2.19. The number of halogens is 1. The van der Waals surface area contributed by atoms with Gasteiger partial charge >= 0.3 is 5.97 Å². The fourth-order valence-corrected chi connectivity index (χ4v) is 3.31. The highest BCUT2D eigenvalue weighted by atomic mass is 35.5. The minimum absolute atomic E-state index is 0.0104. The minimum atomic E-state index is -3.76. The van der Waals surface area contributed by atoms with Gasteiger partial charge in [0.15, 0.2) is 5.78 Å². The van der Waals surface area contributed by atoms with Gasteiger partial charge in [0, 0.05) is 20.2 Å². The molecule has 144 valence electrons. The van der Waals surface area contributed by atoms with Gasteiger partial charge < -0.3 is 9.47 Å². The van der Waals surface area contributed by atoms with Gasteiger partial charge in [-0.15, -0.1) is 0 Å². The van der Waals surface area contributed by atoms with Gasteiger partial charge in [-0.2, -0.15) is 0 Å². The molecule has 2 aromatic rings. The van der Waals surface area contributed by atoms with Crippen molar-refractivity contribution in [1.82, 2.24) is 4.31 Å². The van der Waals surface area contributed by atoms with Crippen LogP contribution in [0.2, 0.25) is 5.02 Å². The van der Waals surface area contributed by atoms with Crippen molar-refractivity contribution < 1.29 is 27.5 Å². The lowest BCUT2D eigenvalue weighted by Crippen LogP contribution is -2.22. The highest BCUT2D eigenvalue weighted by molar-refractivity contribution is 7.89. The molecule has 0 aliphatic rings. The van der Waals surface area contributed by atoms with Crippen LogP contribution in [0.5, 0.6) is 11.5 Å². The van der Waals surface area contributed by atoms with Crippen LogP contribution in [0.1, 0.15) is 27.6 Å². The smallest absolute Gasteiger partial charge is 0.345 e. The zero-order valence-electron chi connectivity index (χ0n) is 15.1. The third-order valence-corrected chi connectivity index (χ3v) is 5.85. The fraction of sp³-hybridized carbons (Fsp3) is 0.222. The van der Waals surface area contributed by atoms with Crippen LogP contribution in [0.25, 0.3) is 0 Å². The molecule has 2 rings (SSSR count). The molecular formula is C18H18ClNO6S. The second-order valence-electron chi connectivity index (χ2n) is 5.74. The number of ether oxygens (including phenoxy) is 2. The standard InChI is InChI=1S/C18H18ClNO6S/c1-11(21)14-7-5-12(25-4)9-17(14)26-18(22)15-10-13(6-8-16(15)19)27(23,24)20(2)3/h5-10H,1-4H3. The van der Waals surface area contributed by atoms with Crippen LogP contribution in [0.4, 0.5) is 0 Å². The number of carbonyl (C=O) groups excluding carboxylic acids is 2. The van der Waals surface area contributed by atoms with E-state index in [0.717, 1.165) is 10.4 Å². The summed E-state index contributed by atoms with van der Waals surface area (Å²) in [5.74, 6) is -0.830. The van der Waals surface area contributed by atoms with Crippen LogP contribution in [-0.2, 0) is 10.0 Å². The Kier molecular flexibility index (Phi) is 6.25. The molecular weight excluding hydrogens is 394 g/mol. The molecule has 0 unspecified atom stereocenters. The number of nitrogens with zero attached hydrogens (tertiary/aromatic N) is 1. The maximum absolute atomic E-state index is 12.6. The van der Waals surface area contributed by atoms with E-state index in [0.29, 0.717) is 5.75 Å². The quantitative estimate of drug-likeness (QED) is 0.412. The van der Waals surface area contributed by atoms with E-state index in [-0.39, 0.29) is 32.6 Å². The number of hydrogen-bond acceptors (Lipinski definition) is 6. The van der Waals surface area contributed by atoms with Crippen LogP contribution >= 0.6 is 11.6 Å². The number of rotatable bonds is 6. The van der Waals surface area contributed by atoms with E-state index in [2.05, 4.69) is 0 Å². The van der Waals surface area contributed by atoms with Crippen LogP contribution in [0.3, 0.4) is 0 Å². The number of benzene rings is 2. The van der Waals surface area contributed by atoms with E-state index in [1.165, 1.54) is 52.4 Å². The Bertz CT molecular complexity index is 1000. The number of esters is 1. The van der Waals surface area contributed by atoms with E-state index < -0.39 is 16.0 Å². The van der Waals surface area contributed by atoms with Crippen molar-refractivity contribution in [3.63, 3.8) is 0 Å². The zero-order valence-corrected chi connectivity index (χ0v) is 16.7. The first-order chi connectivity index (χ1) is 12.6. The molecule has 0 amide bonds. The maximum atomic E-state index is 12.6. The molecule has 0 spiro atoms. The lowest BCUT2D eigenvalue weighted by molar-refractivity contribution is 0.0732.